The van der Waals surface area contributed by atoms with E-state index in [2.05, 4.69) is 15.0 Å². The Balaban J connectivity index is 1.31. The minimum Gasteiger partial charge on any atom is -0.480 e. The van der Waals surface area contributed by atoms with Gasteiger partial charge in [0.2, 0.25) is 0 Å². The molecular formula is C26H26N4O5. The number of anilines is 1. The highest BCUT2D eigenvalue weighted by Gasteiger charge is 2.32. The Morgan fingerprint density at radius 2 is 1.86 bits per heavy atom. The first kappa shape index (κ1) is 22.6. The second-order valence-electron chi connectivity index (χ2n) is 8.59. The summed E-state index contributed by atoms with van der Waals surface area (Å²) in [6.45, 7) is 5.58. The number of ether oxygens (including phenoxy) is 2. The van der Waals surface area contributed by atoms with Gasteiger partial charge >= 0.3 is 5.97 Å². The molecule has 0 bridgehead atoms. The molecule has 0 unspecified atom stereocenters. The molecule has 0 N–H and O–H groups in total. The summed E-state index contributed by atoms with van der Waals surface area (Å²) in [4.78, 5) is 33.6. The molecule has 1 aliphatic rings. The molecule has 3 heterocycles. The summed E-state index contributed by atoms with van der Waals surface area (Å²) in [6, 6.07) is 14.8. The Bertz CT molecular complexity index is 1400. The molecular weight excluding hydrogens is 448 g/mol. The van der Waals surface area contributed by atoms with Crippen molar-refractivity contribution in [3.63, 3.8) is 0 Å². The lowest BCUT2D eigenvalue weighted by atomic mass is 10.1. The zero-order valence-corrected chi connectivity index (χ0v) is 19.8. The maximum Gasteiger partial charge on any atom is 0.357 e. The number of pyridine rings is 1. The summed E-state index contributed by atoms with van der Waals surface area (Å²) in [5.74, 6) is 0.691. The number of amides is 1. The fourth-order valence-electron chi connectivity index (χ4n) is 4.59. The van der Waals surface area contributed by atoms with Crippen LogP contribution in [0.2, 0.25) is 0 Å². The molecule has 9 nitrogen and oxygen atoms in total. The van der Waals surface area contributed by atoms with E-state index in [-0.39, 0.29) is 17.6 Å². The van der Waals surface area contributed by atoms with E-state index in [9.17, 15) is 9.59 Å². The quantitative estimate of drug-likeness (QED) is 0.404. The molecule has 4 aromatic rings. The Labute approximate surface area is 202 Å². The smallest absolute Gasteiger partial charge is 0.357 e. The highest BCUT2D eigenvalue weighted by atomic mass is 16.5. The molecule has 0 saturated carbocycles. The van der Waals surface area contributed by atoms with Gasteiger partial charge in [-0.25, -0.2) is 9.78 Å². The van der Waals surface area contributed by atoms with Crippen LogP contribution in [-0.2, 0) is 9.53 Å². The second kappa shape index (κ2) is 9.25. The van der Waals surface area contributed by atoms with Crippen molar-refractivity contribution in [2.75, 3.05) is 31.6 Å². The number of para-hydroxylation sites is 1. The number of hydrogen-bond acceptors (Lipinski definition) is 8. The minimum absolute atomic E-state index is 0.0413. The van der Waals surface area contributed by atoms with Gasteiger partial charge in [-0.05, 0) is 38.1 Å². The number of hydrogen-bond donors (Lipinski definition) is 0. The SMILES string of the molecule is COC(=O)c1nccc2c(O[C@@H](C)C(=O)N3CCN(c4noc5ccccc45)C[C@H]3C)cccc12. The molecule has 1 aliphatic heterocycles. The number of carbonyl (C=O) groups excluding carboxylic acids is 2. The van der Waals surface area contributed by atoms with Crippen LogP contribution in [0.25, 0.3) is 21.7 Å². The lowest BCUT2D eigenvalue weighted by Crippen LogP contribution is -2.56. The van der Waals surface area contributed by atoms with Crippen molar-refractivity contribution < 1.29 is 23.6 Å². The zero-order chi connectivity index (χ0) is 24.5. The number of aromatic nitrogens is 2. The Kier molecular flexibility index (Phi) is 5.98. The summed E-state index contributed by atoms with van der Waals surface area (Å²) in [5.41, 5.74) is 0.955. The van der Waals surface area contributed by atoms with Gasteiger partial charge < -0.3 is 23.8 Å². The molecule has 9 heteroatoms. The van der Waals surface area contributed by atoms with Crippen LogP contribution in [0.3, 0.4) is 0 Å². The van der Waals surface area contributed by atoms with Crippen LogP contribution in [0.5, 0.6) is 5.75 Å². The van der Waals surface area contributed by atoms with Crippen molar-refractivity contribution in [1.82, 2.24) is 15.0 Å². The largest absolute Gasteiger partial charge is 0.480 e. The van der Waals surface area contributed by atoms with E-state index in [0.29, 0.717) is 36.2 Å². The third kappa shape index (κ3) is 4.14. The summed E-state index contributed by atoms with van der Waals surface area (Å²) in [5, 5.41) is 6.52. The topological polar surface area (TPSA) is 98.0 Å². The number of fused-ring (bicyclic) bond motifs is 2. The van der Waals surface area contributed by atoms with Gasteiger partial charge in [-0.3, -0.25) is 4.79 Å². The van der Waals surface area contributed by atoms with E-state index in [1.54, 1.807) is 31.2 Å². The monoisotopic (exact) mass is 474 g/mol. The van der Waals surface area contributed by atoms with Gasteiger partial charge in [0.05, 0.1) is 12.5 Å². The highest BCUT2D eigenvalue weighted by molar-refractivity contribution is 6.04. The molecule has 180 valence electrons. The van der Waals surface area contributed by atoms with E-state index in [0.717, 1.165) is 16.8 Å². The number of methoxy groups -OCH3 is 1. The van der Waals surface area contributed by atoms with Gasteiger partial charge in [-0.1, -0.05) is 29.4 Å². The Hall–Kier alpha value is -4.14. The molecule has 0 spiro atoms. The molecule has 35 heavy (non-hydrogen) atoms. The van der Waals surface area contributed by atoms with Gasteiger partial charge in [-0.15, -0.1) is 0 Å². The lowest BCUT2D eigenvalue weighted by Gasteiger charge is -2.40. The van der Waals surface area contributed by atoms with E-state index < -0.39 is 12.1 Å². The molecule has 0 aliphatic carbocycles. The van der Waals surface area contributed by atoms with Crippen molar-refractivity contribution in [1.29, 1.82) is 0 Å². The highest BCUT2D eigenvalue weighted by Crippen LogP contribution is 2.30. The fraction of sp³-hybridized carbons (Fsp3) is 0.308. The van der Waals surface area contributed by atoms with Crippen LogP contribution >= 0.6 is 0 Å². The first-order valence-electron chi connectivity index (χ1n) is 11.5. The van der Waals surface area contributed by atoms with Crippen molar-refractivity contribution in [2.45, 2.75) is 26.0 Å². The van der Waals surface area contributed by atoms with E-state index in [1.807, 2.05) is 36.1 Å². The summed E-state index contributed by atoms with van der Waals surface area (Å²) in [6.07, 6.45) is 0.820. The van der Waals surface area contributed by atoms with Crippen LogP contribution in [0.4, 0.5) is 5.82 Å². The van der Waals surface area contributed by atoms with Gasteiger partial charge in [0.1, 0.15) is 5.75 Å². The van der Waals surface area contributed by atoms with Crippen molar-refractivity contribution in [3.8, 4) is 5.75 Å². The Morgan fingerprint density at radius 1 is 1.06 bits per heavy atom. The number of benzene rings is 2. The fourth-order valence-corrected chi connectivity index (χ4v) is 4.59. The second-order valence-corrected chi connectivity index (χ2v) is 8.59. The van der Waals surface area contributed by atoms with Gasteiger partial charge in [0, 0.05) is 42.6 Å². The standard InChI is InChI=1S/C26H26N4O5/c1-16-15-29(24-20-7-4-5-9-22(20)35-28-24)13-14-30(16)25(31)17(2)34-21-10-6-8-19-18(21)11-12-27-23(19)26(32)33-3/h4-12,16-17H,13-15H2,1-3H3/t16-,17+/m1/s1. The summed E-state index contributed by atoms with van der Waals surface area (Å²) < 4.78 is 16.4. The Morgan fingerprint density at radius 3 is 2.66 bits per heavy atom. The van der Waals surface area contributed by atoms with Crippen LogP contribution in [0.1, 0.15) is 24.3 Å². The lowest BCUT2D eigenvalue weighted by molar-refractivity contribution is -0.140. The van der Waals surface area contributed by atoms with Crippen molar-refractivity contribution in [3.05, 3.63) is 60.4 Å². The average Bonchev–Trinajstić information content (AvgIpc) is 3.32. The van der Waals surface area contributed by atoms with Crippen LogP contribution in [0, 0.1) is 0 Å². The molecule has 5 rings (SSSR count). The van der Waals surface area contributed by atoms with E-state index >= 15 is 0 Å². The van der Waals surface area contributed by atoms with E-state index in [1.165, 1.54) is 13.3 Å². The molecule has 1 saturated heterocycles. The van der Waals surface area contributed by atoms with E-state index in [4.69, 9.17) is 14.0 Å². The number of piperazine rings is 1. The summed E-state index contributed by atoms with van der Waals surface area (Å²) >= 11 is 0. The van der Waals surface area contributed by atoms with Crippen LogP contribution in [-0.4, -0.2) is 65.8 Å². The maximum atomic E-state index is 13.3. The molecule has 2 aromatic heterocycles. The number of carbonyl (C=O) groups is 2. The third-order valence-electron chi connectivity index (χ3n) is 6.36. The molecule has 0 radical (unpaired) electrons. The number of esters is 1. The minimum atomic E-state index is -0.711. The first-order chi connectivity index (χ1) is 17.0. The molecule has 1 fully saturated rings. The van der Waals surface area contributed by atoms with Crippen LogP contribution < -0.4 is 9.64 Å². The molecule has 2 atom stereocenters. The van der Waals surface area contributed by atoms with Crippen molar-refractivity contribution >= 4 is 39.4 Å². The third-order valence-corrected chi connectivity index (χ3v) is 6.36. The number of rotatable bonds is 5. The number of nitrogens with zero attached hydrogens (tertiary/aromatic N) is 4. The summed E-state index contributed by atoms with van der Waals surface area (Å²) in [7, 11) is 1.32. The molecule has 2 aromatic carbocycles. The normalized spacial score (nSPS) is 16.9. The average molecular weight is 475 g/mol. The van der Waals surface area contributed by atoms with Gasteiger partial charge in [0.15, 0.2) is 23.2 Å². The maximum absolute atomic E-state index is 13.3. The van der Waals surface area contributed by atoms with Crippen molar-refractivity contribution in [2.24, 2.45) is 0 Å². The first-order valence-corrected chi connectivity index (χ1v) is 11.5. The zero-order valence-electron chi connectivity index (χ0n) is 19.8. The van der Waals surface area contributed by atoms with Gasteiger partial charge in [0.25, 0.3) is 5.91 Å². The predicted molar refractivity (Wildman–Crippen MR) is 131 cm³/mol. The molecule has 1 amide bonds. The predicted octanol–water partition coefficient (Wildman–Crippen LogP) is 3.67. The van der Waals surface area contributed by atoms with Crippen LogP contribution in [0.15, 0.2) is 59.3 Å². The van der Waals surface area contributed by atoms with Gasteiger partial charge in [-0.2, -0.15) is 0 Å².